The Hall–Kier alpha value is -5.33. The number of imidazole rings is 4. The van der Waals surface area contributed by atoms with Crippen molar-refractivity contribution in [3.8, 4) is 22.8 Å². The summed E-state index contributed by atoms with van der Waals surface area (Å²) in [5.41, 5.74) is 4.21. The summed E-state index contributed by atoms with van der Waals surface area (Å²) < 4.78 is 45.8. The number of hydrogen-bond donors (Lipinski definition) is 1. The molecule has 6 aliphatic rings. The predicted octanol–water partition coefficient (Wildman–Crippen LogP) is 7.39. The third kappa shape index (κ3) is 6.69. The topological polar surface area (TPSA) is 161 Å². The third-order valence-corrected chi connectivity index (χ3v) is 12.5. The van der Waals surface area contributed by atoms with Crippen molar-refractivity contribution in [1.82, 2.24) is 38.2 Å². The summed E-state index contributed by atoms with van der Waals surface area (Å²) in [7, 11) is 6.17. The highest BCUT2D eigenvalue weighted by Gasteiger charge is 2.44. The van der Waals surface area contributed by atoms with Crippen LogP contribution in [0.3, 0.4) is 0 Å². The van der Waals surface area contributed by atoms with Crippen LogP contribution < -0.4 is 0 Å². The molecule has 1 N–H and O–H groups in total. The number of benzene rings is 2. The quantitative estimate of drug-likeness (QED) is 0.136. The van der Waals surface area contributed by atoms with Crippen molar-refractivity contribution in [2.24, 2.45) is 14.1 Å². The highest BCUT2D eigenvalue weighted by molar-refractivity contribution is 9.10. The Morgan fingerprint density at radius 1 is 0.828 bits per heavy atom. The fourth-order valence-electron chi connectivity index (χ4n) is 8.15. The van der Waals surface area contributed by atoms with Gasteiger partial charge in [-0.3, -0.25) is 4.79 Å². The van der Waals surface area contributed by atoms with Gasteiger partial charge in [-0.05, 0) is 105 Å². The monoisotopic (exact) mass is 920 g/mol. The number of aryl methyl sites for hydroxylation is 2. The van der Waals surface area contributed by atoms with E-state index in [1.54, 1.807) is 72.4 Å². The van der Waals surface area contributed by atoms with Crippen molar-refractivity contribution in [2.75, 3.05) is 14.2 Å². The number of halogens is 4. The van der Waals surface area contributed by atoms with Crippen molar-refractivity contribution in [1.29, 1.82) is 0 Å². The zero-order valence-corrected chi connectivity index (χ0v) is 34.7. The van der Waals surface area contributed by atoms with E-state index in [2.05, 4.69) is 51.8 Å². The van der Waals surface area contributed by atoms with Gasteiger partial charge in [0.2, 0.25) is 0 Å². The Morgan fingerprint density at radius 3 is 1.91 bits per heavy atom. The number of aldehydes is 1. The summed E-state index contributed by atoms with van der Waals surface area (Å²) in [5.74, 6) is 1.05. The fraction of sp³-hybridized carbons (Fsp3) is 0.325. The van der Waals surface area contributed by atoms with Gasteiger partial charge in [0.25, 0.3) is 0 Å². The molecule has 18 heteroatoms. The molecule has 12 rings (SSSR count). The molecule has 1 atom stereocenters. The van der Waals surface area contributed by atoms with E-state index < -0.39 is 18.0 Å². The normalized spacial score (nSPS) is 19.3. The van der Waals surface area contributed by atoms with Crippen LogP contribution in [0.2, 0.25) is 0 Å². The average molecular weight is 923 g/mol. The molecule has 0 radical (unpaired) electrons. The number of carbonyl (C=O) groups is 3. The number of nitrogens with zero attached hydrogens (tertiary/aromatic N) is 8. The summed E-state index contributed by atoms with van der Waals surface area (Å²) in [4.78, 5) is 51.2. The molecule has 0 amide bonds. The molecule has 6 aromatic rings. The van der Waals surface area contributed by atoms with Crippen LogP contribution in [0.4, 0.5) is 8.78 Å². The van der Waals surface area contributed by atoms with Crippen molar-refractivity contribution in [3.05, 3.63) is 116 Å². The summed E-state index contributed by atoms with van der Waals surface area (Å²) in [5, 5.41) is 11.2. The maximum Gasteiger partial charge on any atom is 0.358 e. The number of ether oxygens (including phenoxy) is 2. The smallest absolute Gasteiger partial charge is 0.358 e. The minimum atomic E-state index is -1.16. The minimum absolute atomic E-state index is 0.0507. The number of carbonyl (C=O) groups excluding carboxylic acids is 3. The molecule has 8 heterocycles. The molecule has 2 fully saturated rings. The molecule has 2 aliphatic carbocycles. The second-order valence-corrected chi connectivity index (χ2v) is 16.3. The zero-order valence-electron chi connectivity index (χ0n) is 31.6. The lowest BCUT2D eigenvalue weighted by molar-refractivity contribution is 0.0581. The number of rotatable bonds is 5. The molecule has 300 valence electrons. The van der Waals surface area contributed by atoms with E-state index in [0.717, 1.165) is 60.0 Å². The van der Waals surface area contributed by atoms with Crippen molar-refractivity contribution >= 4 is 50.1 Å². The molecule has 4 bridgehead atoms. The molecule has 4 aliphatic heterocycles. The summed E-state index contributed by atoms with van der Waals surface area (Å²) in [6, 6.07) is 6.96. The van der Waals surface area contributed by atoms with Gasteiger partial charge >= 0.3 is 11.9 Å². The first kappa shape index (κ1) is 39.5. The van der Waals surface area contributed by atoms with Gasteiger partial charge in [-0.25, -0.2) is 38.3 Å². The van der Waals surface area contributed by atoms with Gasteiger partial charge in [0.1, 0.15) is 29.1 Å². The summed E-state index contributed by atoms with van der Waals surface area (Å²) >= 11 is 6.49. The van der Waals surface area contributed by atoms with Crippen LogP contribution in [0.1, 0.15) is 110 Å². The van der Waals surface area contributed by atoms with Gasteiger partial charge in [0.15, 0.2) is 29.6 Å². The minimum Gasteiger partial charge on any atom is -0.464 e. The van der Waals surface area contributed by atoms with E-state index in [1.165, 1.54) is 20.3 Å². The van der Waals surface area contributed by atoms with Crippen molar-refractivity contribution in [2.45, 2.75) is 55.7 Å². The lowest BCUT2D eigenvalue weighted by Gasteiger charge is -2.36. The van der Waals surface area contributed by atoms with Crippen LogP contribution in [0.25, 0.3) is 22.8 Å². The third-order valence-electron chi connectivity index (χ3n) is 11.3. The highest BCUT2D eigenvalue weighted by Crippen LogP contribution is 2.55. The van der Waals surface area contributed by atoms with Gasteiger partial charge in [0.05, 0.1) is 28.9 Å². The number of aromatic nitrogens is 8. The molecule has 4 aromatic heterocycles. The largest absolute Gasteiger partial charge is 0.464 e. The average Bonchev–Trinajstić information content (AvgIpc) is 3.95. The number of aliphatic hydroxyl groups is 1. The number of aliphatic hydroxyl groups excluding tert-OH is 1. The van der Waals surface area contributed by atoms with Crippen LogP contribution in [0.5, 0.6) is 0 Å². The first-order valence-electron chi connectivity index (χ1n) is 18.3. The molecular weight excluding hydrogens is 886 g/mol. The lowest BCUT2D eigenvalue weighted by Crippen LogP contribution is -2.26. The Balaban J connectivity index is 0.000000141. The highest BCUT2D eigenvalue weighted by atomic mass is 79.9. The van der Waals surface area contributed by atoms with Crippen molar-refractivity contribution < 1.29 is 37.7 Å². The standard InChI is InChI=1S/C20H18BrFN4O3.C15H12BrFN2O2.C5H6N2O/c1-25-4-3-23-19(25)17(27)16-15(20(28)29-2)24-18-12-7-13(21)14(22)8-11(12)9-5-10(6-9)26(16)18;1-21-15(20)13-6-19-8-2-7(3-8)9-5-12(17)11(16)4-10(9)14(19)18-13;1-7-3-2-6-5(7)4-8/h3-4,7-10,17,27H,5-6H2,1-2H3;4-8H,2-3H2,1H3;2-4H,1H3. The first-order chi connectivity index (χ1) is 27.8. The first-order valence-corrected chi connectivity index (χ1v) is 19.9. The Labute approximate surface area is 347 Å². The number of esters is 2. The van der Waals surface area contributed by atoms with Crippen LogP contribution in [-0.4, -0.2) is 75.8 Å². The van der Waals surface area contributed by atoms with Crippen LogP contribution >= 0.6 is 31.9 Å². The Kier molecular flexibility index (Phi) is 10.5. The van der Waals surface area contributed by atoms with Gasteiger partial charge in [-0.15, -0.1) is 0 Å². The van der Waals surface area contributed by atoms with E-state index in [9.17, 15) is 28.3 Å². The van der Waals surface area contributed by atoms with Gasteiger partial charge in [-0.1, -0.05) is 0 Å². The summed E-state index contributed by atoms with van der Waals surface area (Å²) in [6.45, 7) is 0. The van der Waals surface area contributed by atoms with Crippen LogP contribution in [0.15, 0.2) is 64.2 Å². The Morgan fingerprint density at radius 2 is 1.40 bits per heavy atom. The lowest BCUT2D eigenvalue weighted by atomic mass is 9.75. The predicted molar refractivity (Wildman–Crippen MR) is 211 cm³/mol. The Bertz CT molecular complexity index is 2600. The van der Waals surface area contributed by atoms with Gasteiger partial charge < -0.3 is 32.8 Å². The van der Waals surface area contributed by atoms with Crippen LogP contribution in [0, 0.1) is 11.6 Å². The maximum atomic E-state index is 14.2. The number of methoxy groups -OCH3 is 2. The van der Waals surface area contributed by atoms with Gasteiger partial charge in [0, 0.05) is 68.3 Å². The molecule has 2 saturated carbocycles. The van der Waals surface area contributed by atoms with E-state index in [0.29, 0.717) is 49.8 Å². The zero-order chi connectivity index (χ0) is 41.2. The fourth-order valence-corrected chi connectivity index (χ4v) is 8.84. The molecular formula is C40H36Br2F2N8O6. The SMILES string of the molecule is COC(=O)c1cn2c(n1)-c1cc(Br)c(F)cc1C1CC2C1.COC(=O)c1nc2n(c1C(O)c1nccn1C)C1CC(C1)c1cc(F)c(Br)cc1-2.Cn1ccnc1C=O. The van der Waals surface area contributed by atoms with E-state index >= 15 is 0 Å². The summed E-state index contributed by atoms with van der Waals surface area (Å²) in [6.07, 6.45) is 11.4. The second-order valence-electron chi connectivity index (χ2n) is 14.5. The second kappa shape index (κ2) is 15.4. The molecule has 58 heavy (non-hydrogen) atoms. The molecule has 0 spiro atoms. The van der Waals surface area contributed by atoms with Crippen LogP contribution in [-0.2, 0) is 23.6 Å². The molecule has 2 aromatic carbocycles. The van der Waals surface area contributed by atoms with E-state index in [-0.39, 0.29) is 29.3 Å². The van der Waals surface area contributed by atoms with E-state index in [1.807, 2.05) is 9.13 Å². The molecule has 0 saturated heterocycles. The molecule has 14 nitrogen and oxygen atoms in total. The van der Waals surface area contributed by atoms with Gasteiger partial charge in [-0.2, -0.15) is 0 Å². The van der Waals surface area contributed by atoms with E-state index in [4.69, 9.17) is 9.47 Å². The molecule has 1 unspecified atom stereocenters. The van der Waals surface area contributed by atoms with Crippen molar-refractivity contribution in [3.63, 3.8) is 0 Å². The number of hydrogen-bond acceptors (Lipinski definition) is 10. The maximum absolute atomic E-state index is 14.2.